The van der Waals surface area contributed by atoms with Crippen molar-refractivity contribution in [3.05, 3.63) is 22.8 Å². The number of rotatable bonds is 2. The van der Waals surface area contributed by atoms with Crippen molar-refractivity contribution in [2.24, 2.45) is 0 Å². The van der Waals surface area contributed by atoms with Gasteiger partial charge in [0.1, 0.15) is 11.5 Å². The summed E-state index contributed by atoms with van der Waals surface area (Å²) in [6, 6.07) is 1.93. The number of hydrogen-bond acceptors (Lipinski definition) is 4. The Hall–Kier alpha value is -1.84. The van der Waals surface area contributed by atoms with Crippen LogP contribution in [0.5, 0.6) is 11.5 Å². The molecule has 0 amide bonds. The lowest BCUT2D eigenvalue weighted by Gasteiger charge is -2.30. The van der Waals surface area contributed by atoms with Crippen LogP contribution in [-0.2, 0) is 26.8 Å². The molecular weight excluding hydrogens is 304 g/mol. The molecule has 0 radical (unpaired) electrons. The van der Waals surface area contributed by atoms with Crippen molar-refractivity contribution in [1.82, 2.24) is 0 Å². The molecule has 0 spiro atoms. The molecule has 1 unspecified atom stereocenters. The number of esters is 1. The fraction of sp³-hybridized carbons (Fsp3) is 0.600. The number of aldehydes is 1. The van der Waals surface area contributed by atoms with Gasteiger partial charge in [0.05, 0.1) is 0 Å². The van der Waals surface area contributed by atoms with Crippen molar-refractivity contribution in [1.29, 1.82) is 0 Å². The number of fused-ring (bicyclic) bond motifs is 1. The minimum Gasteiger partial charge on any atom is -0.479 e. The molecular formula is C20H28O4. The van der Waals surface area contributed by atoms with Crippen molar-refractivity contribution in [3.63, 3.8) is 0 Å². The Labute approximate surface area is 144 Å². The standard InChI is InChI=1S/C20H28O4/c1-12(22)23-17-14(18(2,3)4)9-15-13(16(17)19(5,6)7)10-20(8,11-21)24-15/h9,11H,10H2,1-8H3. The van der Waals surface area contributed by atoms with Crippen molar-refractivity contribution in [2.75, 3.05) is 0 Å². The van der Waals surface area contributed by atoms with E-state index in [-0.39, 0.29) is 16.8 Å². The van der Waals surface area contributed by atoms with Gasteiger partial charge in [0.2, 0.25) is 0 Å². The van der Waals surface area contributed by atoms with Gasteiger partial charge in [0.25, 0.3) is 0 Å². The quantitative estimate of drug-likeness (QED) is 0.465. The molecule has 1 atom stereocenters. The summed E-state index contributed by atoms with van der Waals surface area (Å²) in [5, 5.41) is 0. The third-order valence-electron chi connectivity index (χ3n) is 4.27. The molecule has 0 aliphatic carbocycles. The van der Waals surface area contributed by atoms with Gasteiger partial charge >= 0.3 is 5.97 Å². The van der Waals surface area contributed by atoms with Crippen LogP contribution in [0.1, 0.15) is 72.1 Å². The fourth-order valence-corrected chi connectivity index (χ4v) is 3.25. The maximum Gasteiger partial charge on any atom is 0.308 e. The molecule has 1 aliphatic rings. The number of benzene rings is 1. The van der Waals surface area contributed by atoms with E-state index in [0.717, 1.165) is 28.7 Å². The Kier molecular flexibility index (Phi) is 4.32. The van der Waals surface area contributed by atoms with E-state index in [2.05, 4.69) is 41.5 Å². The lowest BCUT2D eigenvalue weighted by atomic mass is 9.76. The van der Waals surface area contributed by atoms with Gasteiger partial charge in [-0.05, 0) is 23.8 Å². The summed E-state index contributed by atoms with van der Waals surface area (Å²) in [6.07, 6.45) is 1.33. The van der Waals surface area contributed by atoms with Gasteiger partial charge in [0, 0.05) is 30.0 Å². The molecule has 0 aromatic heterocycles. The van der Waals surface area contributed by atoms with Gasteiger partial charge in [-0.25, -0.2) is 0 Å². The van der Waals surface area contributed by atoms with Crippen molar-refractivity contribution >= 4 is 12.3 Å². The lowest BCUT2D eigenvalue weighted by Crippen LogP contribution is -2.32. The zero-order valence-corrected chi connectivity index (χ0v) is 16.0. The predicted octanol–water partition coefficient (Wildman–Crippen LogP) is 4.10. The molecule has 2 rings (SSSR count). The van der Waals surface area contributed by atoms with Gasteiger partial charge in [0.15, 0.2) is 11.9 Å². The number of carbonyl (C=O) groups is 2. The Morgan fingerprint density at radius 1 is 1.21 bits per heavy atom. The van der Waals surface area contributed by atoms with Crippen LogP contribution >= 0.6 is 0 Å². The SMILES string of the molecule is CC(=O)Oc1c(C(C)(C)C)cc2c(c1C(C)(C)C)CC(C)(C=O)O2. The van der Waals surface area contributed by atoms with E-state index in [0.29, 0.717) is 12.2 Å². The Morgan fingerprint density at radius 3 is 2.21 bits per heavy atom. The highest BCUT2D eigenvalue weighted by molar-refractivity contribution is 5.74. The molecule has 24 heavy (non-hydrogen) atoms. The van der Waals surface area contributed by atoms with Crippen LogP contribution in [-0.4, -0.2) is 17.9 Å². The maximum atomic E-state index is 11.7. The van der Waals surface area contributed by atoms with Gasteiger partial charge in [-0.3, -0.25) is 9.59 Å². The Morgan fingerprint density at radius 2 is 1.79 bits per heavy atom. The molecule has 0 saturated heterocycles. The fourth-order valence-electron chi connectivity index (χ4n) is 3.25. The first-order valence-electron chi connectivity index (χ1n) is 8.33. The number of hydrogen-bond donors (Lipinski definition) is 0. The minimum atomic E-state index is -0.869. The molecule has 132 valence electrons. The molecule has 1 aromatic carbocycles. The largest absolute Gasteiger partial charge is 0.479 e. The van der Waals surface area contributed by atoms with Gasteiger partial charge < -0.3 is 9.47 Å². The van der Waals surface area contributed by atoms with E-state index < -0.39 is 5.60 Å². The van der Waals surface area contributed by atoms with Crippen LogP contribution in [0.15, 0.2) is 6.07 Å². The van der Waals surface area contributed by atoms with Crippen molar-refractivity contribution < 1.29 is 19.1 Å². The average molecular weight is 332 g/mol. The van der Waals surface area contributed by atoms with E-state index in [1.807, 2.05) is 6.07 Å². The van der Waals surface area contributed by atoms with Gasteiger partial charge in [-0.2, -0.15) is 0 Å². The van der Waals surface area contributed by atoms with E-state index in [1.165, 1.54) is 6.92 Å². The molecule has 1 aliphatic heterocycles. The van der Waals surface area contributed by atoms with Crippen molar-refractivity contribution in [3.8, 4) is 11.5 Å². The van der Waals surface area contributed by atoms with E-state index in [4.69, 9.17) is 9.47 Å². The topological polar surface area (TPSA) is 52.6 Å². The summed E-state index contributed by atoms with van der Waals surface area (Å²) in [5.41, 5.74) is 1.46. The van der Waals surface area contributed by atoms with Crippen LogP contribution in [0.3, 0.4) is 0 Å². The van der Waals surface area contributed by atoms with Crippen LogP contribution < -0.4 is 9.47 Å². The molecule has 0 saturated carbocycles. The highest BCUT2D eigenvalue weighted by Crippen LogP contribution is 2.49. The third kappa shape index (κ3) is 3.33. The second-order valence-corrected chi connectivity index (χ2v) is 8.91. The summed E-state index contributed by atoms with van der Waals surface area (Å²) >= 11 is 0. The average Bonchev–Trinajstić information content (AvgIpc) is 2.71. The van der Waals surface area contributed by atoms with E-state index >= 15 is 0 Å². The smallest absolute Gasteiger partial charge is 0.308 e. The minimum absolute atomic E-state index is 0.233. The van der Waals surface area contributed by atoms with E-state index in [1.54, 1.807) is 6.92 Å². The monoisotopic (exact) mass is 332 g/mol. The second-order valence-electron chi connectivity index (χ2n) is 8.91. The summed E-state index contributed by atoms with van der Waals surface area (Å²) in [6.45, 7) is 15.7. The Balaban J connectivity index is 2.85. The van der Waals surface area contributed by atoms with Gasteiger partial charge in [-0.1, -0.05) is 41.5 Å². The summed E-state index contributed by atoms with van der Waals surface area (Å²) in [5.74, 6) is 0.985. The maximum absolute atomic E-state index is 11.7. The molecule has 1 aromatic rings. The molecule has 4 heteroatoms. The highest BCUT2D eigenvalue weighted by atomic mass is 16.5. The number of carbonyl (C=O) groups excluding carboxylic acids is 2. The molecule has 0 bridgehead atoms. The molecule has 1 heterocycles. The van der Waals surface area contributed by atoms with Crippen LogP contribution in [0.2, 0.25) is 0 Å². The summed E-state index contributed by atoms with van der Waals surface area (Å²) < 4.78 is 11.6. The second kappa shape index (κ2) is 5.61. The van der Waals surface area contributed by atoms with Crippen molar-refractivity contribution in [2.45, 2.75) is 78.2 Å². The zero-order valence-electron chi connectivity index (χ0n) is 16.0. The predicted molar refractivity (Wildman–Crippen MR) is 94.0 cm³/mol. The molecule has 0 N–H and O–H groups in total. The highest BCUT2D eigenvalue weighted by Gasteiger charge is 2.41. The zero-order chi connectivity index (χ0) is 18.5. The van der Waals surface area contributed by atoms with Crippen LogP contribution in [0, 0.1) is 0 Å². The summed E-state index contributed by atoms with van der Waals surface area (Å²) in [4.78, 5) is 23.2. The van der Waals surface area contributed by atoms with E-state index in [9.17, 15) is 9.59 Å². The number of ether oxygens (including phenoxy) is 2. The Bertz CT molecular complexity index is 689. The molecule has 4 nitrogen and oxygen atoms in total. The first kappa shape index (κ1) is 18.5. The van der Waals surface area contributed by atoms with Gasteiger partial charge in [-0.15, -0.1) is 0 Å². The summed E-state index contributed by atoms with van der Waals surface area (Å²) in [7, 11) is 0. The van der Waals surface area contributed by atoms with Crippen LogP contribution in [0.4, 0.5) is 0 Å². The lowest BCUT2D eigenvalue weighted by molar-refractivity contribution is -0.132. The first-order valence-corrected chi connectivity index (χ1v) is 8.33. The molecule has 0 fully saturated rings. The van der Waals surface area contributed by atoms with Crippen LogP contribution in [0.25, 0.3) is 0 Å². The third-order valence-corrected chi connectivity index (χ3v) is 4.27. The normalized spacial score (nSPS) is 20.3. The first-order chi connectivity index (χ1) is 10.8.